The third-order valence-corrected chi connectivity index (χ3v) is 8.27. The van der Waals surface area contributed by atoms with E-state index in [0.717, 1.165) is 33.1 Å². The number of benzene rings is 1. The number of aromatic nitrogens is 1. The van der Waals surface area contributed by atoms with Crippen LogP contribution in [0.5, 0.6) is 0 Å². The van der Waals surface area contributed by atoms with Gasteiger partial charge in [-0.15, -0.1) is 0 Å². The zero-order chi connectivity index (χ0) is 24.3. The van der Waals surface area contributed by atoms with E-state index in [1.54, 1.807) is 30.6 Å². The van der Waals surface area contributed by atoms with Crippen LogP contribution in [0, 0.1) is 5.82 Å². The maximum atomic E-state index is 14.1. The van der Waals surface area contributed by atoms with Gasteiger partial charge in [-0.25, -0.2) is 12.8 Å². The minimum absolute atomic E-state index is 0.0405. The number of carbonyl (C=O) groups excluding carboxylic acids is 3. The van der Waals surface area contributed by atoms with Gasteiger partial charge in [-0.05, 0) is 54.4 Å². The van der Waals surface area contributed by atoms with Gasteiger partial charge >= 0.3 is 0 Å². The number of sulfonamides is 1. The van der Waals surface area contributed by atoms with Crippen LogP contribution in [0.15, 0.2) is 58.6 Å². The van der Waals surface area contributed by atoms with E-state index in [0.29, 0.717) is 12.0 Å². The van der Waals surface area contributed by atoms with Crippen molar-refractivity contribution in [2.75, 3.05) is 19.6 Å². The number of nitrogens with zero attached hydrogens (tertiary/aromatic N) is 3. The molecule has 178 valence electrons. The van der Waals surface area contributed by atoms with Crippen molar-refractivity contribution in [3.63, 3.8) is 0 Å². The van der Waals surface area contributed by atoms with E-state index in [2.05, 4.69) is 10.3 Å². The van der Waals surface area contributed by atoms with Gasteiger partial charge in [0.25, 0.3) is 11.1 Å². The number of thioether (sulfide) groups is 1. The Morgan fingerprint density at radius 2 is 2.03 bits per heavy atom. The lowest BCUT2D eigenvalue weighted by Gasteiger charge is -2.24. The Balaban J connectivity index is 1.37. The average molecular weight is 505 g/mol. The molecule has 4 rings (SSSR count). The first-order chi connectivity index (χ1) is 16.3. The van der Waals surface area contributed by atoms with Gasteiger partial charge in [0, 0.05) is 32.0 Å². The predicted molar refractivity (Wildman–Crippen MR) is 123 cm³/mol. The second-order valence-corrected chi connectivity index (χ2v) is 10.5. The third kappa shape index (κ3) is 4.88. The minimum Gasteiger partial charge on any atom is -0.353 e. The van der Waals surface area contributed by atoms with E-state index in [4.69, 9.17) is 0 Å². The Kier molecular flexibility index (Phi) is 7.10. The maximum Gasteiger partial charge on any atom is 0.293 e. The van der Waals surface area contributed by atoms with Crippen molar-refractivity contribution in [1.82, 2.24) is 19.5 Å². The van der Waals surface area contributed by atoms with Gasteiger partial charge in [-0.3, -0.25) is 24.3 Å². The lowest BCUT2D eigenvalue weighted by Crippen LogP contribution is -2.47. The number of rotatable bonds is 7. The standard InChI is InChI=1S/C22H21FN4O5S2/c23-16-6-1-2-8-19(16)34(31,32)27-11-4-7-17(27)20(28)25-10-12-26-21(29)18(33-22(26)30)13-15-5-3-9-24-14-15/h1-3,5-6,8-9,13-14,17H,4,7,10-12H2,(H,25,28)/b18-13+. The highest BCUT2D eigenvalue weighted by atomic mass is 32.2. The van der Waals surface area contributed by atoms with Gasteiger partial charge in [-0.2, -0.15) is 4.31 Å². The molecule has 2 saturated heterocycles. The quantitative estimate of drug-likeness (QED) is 0.575. The van der Waals surface area contributed by atoms with Crippen LogP contribution in [0.3, 0.4) is 0 Å². The van der Waals surface area contributed by atoms with Crippen LogP contribution < -0.4 is 5.32 Å². The Labute approximate surface area is 200 Å². The Bertz CT molecular complexity index is 1250. The van der Waals surface area contributed by atoms with Gasteiger partial charge in [0.15, 0.2) is 0 Å². The summed E-state index contributed by atoms with van der Waals surface area (Å²) in [6.07, 6.45) is 5.47. The summed E-state index contributed by atoms with van der Waals surface area (Å²) in [7, 11) is -4.20. The first kappa shape index (κ1) is 24.0. The minimum atomic E-state index is -4.20. The number of carbonyl (C=O) groups is 3. The number of halogens is 1. The highest BCUT2D eigenvalue weighted by Crippen LogP contribution is 2.32. The molecule has 12 heteroatoms. The molecule has 1 N–H and O–H groups in total. The van der Waals surface area contributed by atoms with Gasteiger partial charge in [0.2, 0.25) is 15.9 Å². The number of imide groups is 1. The van der Waals surface area contributed by atoms with E-state index in [9.17, 15) is 27.2 Å². The molecule has 3 heterocycles. The summed E-state index contributed by atoms with van der Waals surface area (Å²) in [4.78, 5) is 42.3. The lowest BCUT2D eigenvalue weighted by atomic mass is 10.2. The first-order valence-corrected chi connectivity index (χ1v) is 12.7. The van der Waals surface area contributed by atoms with Crippen LogP contribution in [0.2, 0.25) is 0 Å². The fourth-order valence-corrected chi connectivity index (χ4v) is 6.37. The normalized spacial score (nSPS) is 20.3. The smallest absolute Gasteiger partial charge is 0.293 e. The topological polar surface area (TPSA) is 117 Å². The Morgan fingerprint density at radius 1 is 1.24 bits per heavy atom. The predicted octanol–water partition coefficient (Wildman–Crippen LogP) is 2.23. The molecule has 3 amide bonds. The van der Waals surface area contributed by atoms with Gasteiger partial charge < -0.3 is 5.32 Å². The molecule has 0 spiro atoms. The van der Waals surface area contributed by atoms with Crippen molar-refractivity contribution in [3.8, 4) is 0 Å². The van der Waals surface area contributed by atoms with Crippen molar-refractivity contribution in [3.05, 3.63) is 65.1 Å². The van der Waals surface area contributed by atoms with E-state index < -0.39 is 43.8 Å². The highest BCUT2D eigenvalue weighted by Gasteiger charge is 2.40. The second-order valence-electron chi connectivity index (χ2n) is 7.61. The number of hydrogen-bond donors (Lipinski definition) is 1. The van der Waals surface area contributed by atoms with Gasteiger partial charge in [0.05, 0.1) is 4.91 Å². The molecular formula is C22H21FN4O5S2. The number of nitrogens with one attached hydrogen (secondary N) is 1. The summed E-state index contributed by atoms with van der Waals surface area (Å²) in [6.45, 7) is -0.00824. The molecule has 1 aromatic carbocycles. The van der Waals surface area contributed by atoms with E-state index in [1.807, 2.05) is 0 Å². The molecule has 0 radical (unpaired) electrons. The number of hydrogen-bond acceptors (Lipinski definition) is 7. The number of amides is 3. The summed E-state index contributed by atoms with van der Waals surface area (Å²) < 4.78 is 40.9. The molecule has 9 nitrogen and oxygen atoms in total. The number of pyridine rings is 1. The van der Waals surface area contributed by atoms with E-state index >= 15 is 0 Å². The molecular weight excluding hydrogens is 483 g/mol. The van der Waals surface area contributed by atoms with Crippen LogP contribution in [0.25, 0.3) is 6.08 Å². The van der Waals surface area contributed by atoms with Crippen molar-refractivity contribution >= 4 is 44.9 Å². The average Bonchev–Trinajstić information content (AvgIpc) is 3.41. The summed E-state index contributed by atoms with van der Waals surface area (Å²) in [6, 6.07) is 7.49. The van der Waals surface area contributed by atoms with E-state index in [-0.39, 0.29) is 31.0 Å². The molecule has 0 aliphatic carbocycles. The van der Waals surface area contributed by atoms with Gasteiger partial charge in [0.1, 0.15) is 16.8 Å². The molecule has 0 saturated carbocycles. The summed E-state index contributed by atoms with van der Waals surface area (Å²) in [5.74, 6) is -1.92. The Hall–Kier alpha value is -3.09. The molecule has 0 bridgehead atoms. The Morgan fingerprint density at radius 3 is 2.76 bits per heavy atom. The van der Waals surface area contributed by atoms with Crippen molar-refractivity contribution in [2.24, 2.45) is 0 Å². The lowest BCUT2D eigenvalue weighted by molar-refractivity contribution is -0.125. The molecule has 34 heavy (non-hydrogen) atoms. The monoisotopic (exact) mass is 504 g/mol. The van der Waals surface area contributed by atoms with Crippen molar-refractivity contribution in [1.29, 1.82) is 0 Å². The molecule has 2 aliphatic heterocycles. The fraction of sp³-hybridized carbons (Fsp3) is 0.273. The molecule has 1 unspecified atom stereocenters. The zero-order valence-electron chi connectivity index (χ0n) is 17.9. The molecule has 1 aromatic heterocycles. The summed E-state index contributed by atoms with van der Waals surface area (Å²) in [5, 5.41) is 2.14. The van der Waals surface area contributed by atoms with Crippen LogP contribution in [0.1, 0.15) is 18.4 Å². The third-order valence-electron chi connectivity index (χ3n) is 5.42. The zero-order valence-corrected chi connectivity index (χ0v) is 19.5. The van der Waals surface area contributed by atoms with Crippen molar-refractivity contribution < 1.29 is 27.2 Å². The molecule has 2 fully saturated rings. The van der Waals surface area contributed by atoms with Crippen molar-refractivity contribution in [2.45, 2.75) is 23.8 Å². The van der Waals surface area contributed by atoms with E-state index in [1.165, 1.54) is 12.1 Å². The highest BCUT2D eigenvalue weighted by molar-refractivity contribution is 8.18. The van der Waals surface area contributed by atoms with Crippen LogP contribution in [-0.2, 0) is 19.6 Å². The van der Waals surface area contributed by atoms with Crippen LogP contribution in [-0.4, -0.2) is 65.3 Å². The van der Waals surface area contributed by atoms with Crippen LogP contribution >= 0.6 is 11.8 Å². The first-order valence-electron chi connectivity index (χ1n) is 10.5. The molecule has 2 aliphatic rings. The molecule has 1 atom stereocenters. The van der Waals surface area contributed by atoms with Gasteiger partial charge in [-0.1, -0.05) is 18.2 Å². The summed E-state index contributed by atoms with van der Waals surface area (Å²) >= 11 is 0.798. The fourth-order valence-electron chi connectivity index (χ4n) is 3.78. The second kappa shape index (κ2) is 10.0. The molecule has 2 aromatic rings. The summed E-state index contributed by atoms with van der Waals surface area (Å²) in [5.41, 5.74) is 0.679. The van der Waals surface area contributed by atoms with Crippen LogP contribution in [0.4, 0.5) is 9.18 Å². The largest absolute Gasteiger partial charge is 0.353 e. The SMILES string of the molecule is O=C(NCCN1C(=O)S/C(=C/c2cccnc2)C1=O)C1CCCN1S(=O)(=O)c1ccccc1F. The maximum absolute atomic E-state index is 14.1.